The molecule has 1 fully saturated rings. The van der Waals surface area contributed by atoms with Gasteiger partial charge in [0.2, 0.25) is 0 Å². The highest BCUT2D eigenvalue weighted by atomic mass is 32.1. The van der Waals surface area contributed by atoms with E-state index in [1.807, 2.05) is 13.8 Å². The van der Waals surface area contributed by atoms with E-state index in [1.54, 1.807) is 0 Å². The number of unbranched alkanes of at least 4 members (excludes halogenated alkanes) is 19. The summed E-state index contributed by atoms with van der Waals surface area (Å²) in [6, 6.07) is 0. The number of hydrogen-bond acceptors (Lipinski definition) is 3. The van der Waals surface area contributed by atoms with Gasteiger partial charge in [-0.2, -0.15) is 0 Å². The average molecular weight is 568 g/mol. The summed E-state index contributed by atoms with van der Waals surface area (Å²) in [5.74, 6) is -0.0362. The van der Waals surface area contributed by atoms with Gasteiger partial charge in [-0.15, -0.1) is 0 Å². The van der Waals surface area contributed by atoms with E-state index in [0.717, 1.165) is 12.8 Å². The molecule has 39 heavy (non-hydrogen) atoms. The number of likely N-dealkylation sites (tertiary alicyclic amines) is 1. The minimum Gasteiger partial charge on any atom is -0.463 e. The fourth-order valence-electron chi connectivity index (χ4n) is 5.32. The molecule has 232 valence electrons. The van der Waals surface area contributed by atoms with Crippen LogP contribution in [0.15, 0.2) is 0 Å². The fourth-order valence-corrected chi connectivity index (χ4v) is 5.65. The van der Waals surface area contributed by atoms with Gasteiger partial charge in [-0.25, -0.2) is 0 Å². The topological polar surface area (TPSA) is 29.5 Å². The van der Waals surface area contributed by atoms with Crippen molar-refractivity contribution in [1.82, 2.24) is 4.90 Å². The van der Waals surface area contributed by atoms with Gasteiger partial charge in [0, 0.05) is 19.5 Å². The highest BCUT2D eigenvalue weighted by Gasteiger charge is 2.12. The van der Waals surface area contributed by atoms with Crippen LogP contribution in [-0.2, 0) is 9.53 Å². The monoisotopic (exact) mass is 568 g/mol. The van der Waals surface area contributed by atoms with Gasteiger partial charge < -0.3 is 9.64 Å². The second kappa shape index (κ2) is 30.3. The van der Waals surface area contributed by atoms with Crippen LogP contribution in [0.1, 0.15) is 195 Å². The van der Waals surface area contributed by atoms with Crippen molar-refractivity contribution in [3.63, 3.8) is 0 Å². The van der Waals surface area contributed by atoms with Crippen LogP contribution in [0, 0.1) is 0 Å². The first-order chi connectivity index (χ1) is 19.0. The van der Waals surface area contributed by atoms with Crippen LogP contribution in [0.5, 0.6) is 0 Å². The zero-order valence-electron chi connectivity index (χ0n) is 27.0. The maximum Gasteiger partial charge on any atom is 0.306 e. The van der Waals surface area contributed by atoms with E-state index >= 15 is 0 Å². The first-order valence-electron chi connectivity index (χ1n) is 17.5. The molecule has 0 unspecified atom stereocenters. The molecule has 0 atom stereocenters. The lowest BCUT2D eigenvalue weighted by Crippen LogP contribution is -2.29. The molecule has 1 rings (SSSR count). The highest BCUT2D eigenvalue weighted by molar-refractivity contribution is 7.80. The Balaban J connectivity index is 0.000000742. The summed E-state index contributed by atoms with van der Waals surface area (Å²) in [6.45, 7) is 10.8. The van der Waals surface area contributed by atoms with Gasteiger partial charge in [-0.1, -0.05) is 154 Å². The quantitative estimate of drug-likeness (QED) is 0.0659. The van der Waals surface area contributed by atoms with Gasteiger partial charge in [0.15, 0.2) is 0 Å². The van der Waals surface area contributed by atoms with E-state index in [-0.39, 0.29) is 12.1 Å². The van der Waals surface area contributed by atoms with E-state index < -0.39 is 0 Å². The molecule has 1 aliphatic rings. The third-order valence-corrected chi connectivity index (χ3v) is 8.27. The molecule has 0 N–H and O–H groups in total. The molecule has 0 radical (unpaired) electrons. The Morgan fingerprint density at radius 1 is 0.667 bits per heavy atom. The summed E-state index contributed by atoms with van der Waals surface area (Å²) in [5.41, 5.74) is 0. The zero-order valence-corrected chi connectivity index (χ0v) is 27.9. The molecule has 0 aliphatic carbocycles. The van der Waals surface area contributed by atoms with Gasteiger partial charge in [-0.05, 0) is 46.0 Å². The van der Waals surface area contributed by atoms with Crippen LogP contribution in [0.2, 0.25) is 0 Å². The molecule has 1 aliphatic heterocycles. The molecule has 0 aromatic carbocycles. The first kappa shape index (κ1) is 38.4. The lowest BCUT2D eigenvalue weighted by atomic mass is 10.1. The molecular weight excluding hydrogens is 498 g/mol. The van der Waals surface area contributed by atoms with Crippen molar-refractivity contribution in [2.24, 2.45) is 0 Å². The molecule has 0 spiro atoms. The van der Waals surface area contributed by atoms with Gasteiger partial charge in [0.1, 0.15) is 0 Å². The van der Waals surface area contributed by atoms with E-state index in [1.165, 1.54) is 166 Å². The van der Waals surface area contributed by atoms with E-state index in [9.17, 15) is 4.79 Å². The van der Waals surface area contributed by atoms with Crippen LogP contribution in [-0.4, -0.2) is 35.1 Å². The minimum atomic E-state index is -0.0362. The summed E-state index contributed by atoms with van der Waals surface area (Å²) >= 11 is 5.51. The number of carbonyl (C=O) groups excluding carboxylic acids is 1. The number of nitrogens with zero attached hydrogens (tertiary/aromatic N) is 1. The number of hydrogen-bond donors (Lipinski definition) is 0. The second-order valence-corrected chi connectivity index (χ2v) is 12.7. The van der Waals surface area contributed by atoms with Crippen molar-refractivity contribution in [3.05, 3.63) is 0 Å². The molecular formula is C35H69NO2S. The van der Waals surface area contributed by atoms with Crippen molar-refractivity contribution >= 4 is 23.2 Å². The number of carbonyl (C=O) groups is 1. The summed E-state index contributed by atoms with van der Waals surface area (Å²) in [4.78, 5) is 15.0. The highest BCUT2D eigenvalue weighted by Crippen LogP contribution is 2.15. The molecule has 3 nitrogen and oxygen atoms in total. The fraction of sp³-hybridized carbons (Fsp3) is 0.943. The van der Waals surface area contributed by atoms with Crippen LogP contribution >= 0.6 is 12.2 Å². The normalized spacial score (nSPS) is 13.8. The Hall–Kier alpha value is -0.640. The van der Waals surface area contributed by atoms with Crippen molar-refractivity contribution in [1.29, 1.82) is 0 Å². The van der Waals surface area contributed by atoms with Crippen LogP contribution < -0.4 is 0 Å². The second-order valence-electron chi connectivity index (χ2n) is 12.2. The molecule has 0 bridgehead atoms. The van der Waals surface area contributed by atoms with Gasteiger partial charge in [0.05, 0.1) is 11.1 Å². The standard InChI is InChI=1S/C18H35NS.C17H34O2/c1-2-3-4-5-6-7-8-9-10-13-16-19-17-14-11-12-15-18(19)20;1-4-5-6-7-8-9-10-11-12-13-14-15-17(18)19-16(2)3/h2-17H2,1H3;16H,4-15H2,1-3H3. The van der Waals surface area contributed by atoms with Crippen molar-refractivity contribution in [2.45, 2.75) is 201 Å². The zero-order chi connectivity index (χ0) is 28.8. The van der Waals surface area contributed by atoms with Crippen molar-refractivity contribution in [2.75, 3.05) is 13.1 Å². The summed E-state index contributed by atoms with van der Waals surface area (Å²) < 4.78 is 5.10. The average Bonchev–Trinajstić information content (AvgIpc) is 3.12. The SMILES string of the molecule is CCCCCCCCCCCCCC(=O)OC(C)C.CCCCCCCCCCCCN1CCCCCC1=S. The third-order valence-electron chi connectivity index (χ3n) is 7.80. The Morgan fingerprint density at radius 2 is 1.10 bits per heavy atom. The Kier molecular flexibility index (Phi) is 29.8. The number of esters is 1. The largest absolute Gasteiger partial charge is 0.463 e. The molecule has 1 heterocycles. The Labute approximate surface area is 251 Å². The molecule has 4 heteroatoms. The lowest BCUT2D eigenvalue weighted by molar-refractivity contribution is -0.147. The first-order valence-corrected chi connectivity index (χ1v) is 17.9. The molecule has 0 amide bonds. The molecule has 1 saturated heterocycles. The summed E-state index contributed by atoms with van der Waals surface area (Å²) in [5, 5.41) is 0. The number of rotatable bonds is 24. The third kappa shape index (κ3) is 28.7. The van der Waals surface area contributed by atoms with E-state index in [2.05, 4.69) is 18.7 Å². The van der Waals surface area contributed by atoms with Crippen molar-refractivity contribution < 1.29 is 9.53 Å². The van der Waals surface area contributed by atoms with Crippen LogP contribution in [0.3, 0.4) is 0 Å². The van der Waals surface area contributed by atoms with Gasteiger partial charge >= 0.3 is 5.97 Å². The predicted molar refractivity (Wildman–Crippen MR) is 177 cm³/mol. The van der Waals surface area contributed by atoms with Gasteiger partial charge in [0.25, 0.3) is 0 Å². The summed E-state index contributed by atoms with van der Waals surface area (Å²) in [7, 11) is 0. The Bertz CT molecular complexity index is 537. The van der Waals surface area contributed by atoms with Crippen LogP contribution in [0.25, 0.3) is 0 Å². The lowest BCUT2D eigenvalue weighted by Gasteiger charge is -2.22. The smallest absolute Gasteiger partial charge is 0.306 e. The maximum absolute atomic E-state index is 11.3. The number of ether oxygens (including phenoxy) is 1. The molecule has 0 aromatic heterocycles. The van der Waals surface area contributed by atoms with E-state index in [4.69, 9.17) is 17.0 Å². The van der Waals surface area contributed by atoms with E-state index in [0.29, 0.717) is 6.42 Å². The van der Waals surface area contributed by atoms with Crippen molar-refractivity contribution in [3.8, 4) is 0 Å². The number of thiocarbonyl (C=S) groups is 1. The predicted octanol–water partition coefficient (Wildman–Crippen LogP) is 11.7. The van der Waals surface area contributed by atoms with Crippen LogP contribution in [0.4, 0.5) is 0 Å². The molecule has 0 saturated carbocycles. The van der Waals surface area contributed by atoms with Gasteiger partial charge in [-0.3, -0.25) is 4.79 Å². The minimum absolute atomic E-state index is 0.0280. The maximum atomic E-state index is 11.3. The molecule has 0 aromatic rings. The summed E-state index contributed by atoms with van der Waals surface area (Å²) in [6.07, 6.45) is 34.5. The Morgan fingerprint density at radius 3 is 1.56 bits per heavy atom.